The van der Waals surface area contributed by atoms with Crippen molar-refractivity contribution >= 4 is 11.9 Å². The zero-order valence-electron chi connectivity index (χ0n) is 12.4. The van der Waals surface area contributed by atoms with E-state index in [2.05, 4.69) is 39.4 Å². The maximum absolute atomic E-state index is 5.46. The quantitative estimate of drug-likeness (QED) is 0.716. The average molecular weight is 267 g/mol. The molecule has 0 saturated heterocycles. The summed E-state index contributed by atoms with van der Waals surface area (Å²) in [5, 5.41) is 6.20. The first-order valence-corrected chi connectivity index (χ1v) is 7.02. The van der Waals surface area contributed by atoms with Crippen LogP contribution < -0.4 is 15.4 Å². The van der Waals surface area contributed by atoms with Crippen molar-refractivity contribution in [2.45, 2.75) is 52.5 Å². The van der Waals surface area contributed by atoms with Crippen molar-refractivity contribution in [2.75, 3.05) is 24.3 Å². The fourth-order valence-corrected chi connectivity index (χ4v) is 1.59. The minimum absolute atomic E-state index is 0.339. The summed E-state index contributed by atoms with van der Waals surface area (Å²) in [4.78, 5) is 12.7. The first-order valence-electron chi connectivity index (χ1n) is 7.02. The Bertz CT molecular complexity index is 372. The molecular formula is C13H25N5O. The second-order valence-electron chi connectivity index (χ2n) is 4.55. The molecule has 0 spiro atoms. The van der Waals surface area contributed by atoms with Crippen molar-refractivity contribution in [2.24, 2.45) is 0 Å². The molecule has 1 aromatic heterocycles. The molecule has 0 aliphatic rings. The van der Waals surface area contributed by atoms with E-state index in [1.807, 2.05) is 6.92 Å². The zero-order valence-corrected chi connectivity index (χ0v) is 12.4. The summed E-state index contributed by atoms with van der Waals surface area (Å²) in [6, 6.07) is 0.706. The maximum Gasteiger partial charge on any atom is 0.323 e. The third-order valence-corrected chi connectivity index (χ3v) is 2.64. The second kappa shape index (κ2) is 8.50. The highest BCUT2D eigenvalue weighted by atomic mass is 16.5. The lowest BCUT2D eigenvalue weighted by Crippen LogP contribution is -2.18. The van der Waals surface area contributed by atoms with E-state index in [1.165, 1.54) is 12.8 Å². The summed E-state index contributed by atoms with van der Waals surface area (Å²) in [6.45, 7) is 6.97. The average Bonchev–Trinajstić information content (AvgIpc) is 2.42. The van der Waals surface area contributed by atoms with E-state index in [-0.39, 0.29) is 0 Å². The van der Waals surface area contributed by atoms with Gasteiger partial charge in [0.25, 0.3) is 0 Å². The first-order chi connectivity index (χ1) is 9.19. The van der Waals surface area contributed by atoms with Gasteiger partial charge in [0.2, 0.25) is 11.9 Å². The normalized spacial score (nSPS) is 12.0. The molecule has 6 heteroatoms. The fraction of sp³-hybridized carbons (Fsp3) is 0.769. The molecule has 1 rings (SSSR count). The van der Waals surface area contributed by atoms with E-state index in [4.69, 9.17) is 4.74 Å². The molecule has 19 heavy (non-hydrogen) atoms. The fourth-order valence-electron chi connectivity index (χ4n) is 1.59. The van der Waals surface area contributed by atoms with Gasteiger partial charge in [-0.05, 0) is 19.8 Å². The van der Waals surface area contributed by atoms with Gasteiger partial charge in [0.05, 0.1) is 6.61 Å². The topological polar surface area (TPSA) is 72.0 Å². The van der Waals surface area contributed by atoms with Crippen LogP contribution in [-0.4, -0.2) is 34.6 Å². The largest absolute Gasteiger partial charge is 0.463 e. The summed E-state index contributed by atoms with van der Waals surface area (Å²) >= 11 is 0. The summed E-state index contributed by atoms with van der Waals surface area (Å²) in [6.07, 6.45) is 4.41. The second-order valence-corrected chi connectivity index (χ2v) is 4.55. The maximum atomic E-state index is 5.46. The molecule has 0 aromatic carbocycles. The van der Waals surface area contributed by atoms with Crippen LogP contribution in [0.3, 0.4) is 0 Å². The number of hydrogen-bond acceptors (Lipinski definition) is 6. The van der Waals surface area contributed by atoms with E-state index < -0.39 is 0 Å². The molecule has 6 nitrogen and oxygen atoms in total. The van der Waals surface area contributed by atoms with Gasteiger partial charge in [0, 0.05) is 13.1 Å². The van der Waals surface area contributed by atoms with E-state index in [1.54, 1.807) is 7.05 Å². The summed E-state index contributed by atoms with van der Waals surface area (Å²) in [7, 11) is 1.78. The lowest BCUT2D eigenvalue weighted by Gasteiger charge is -2.14. The molecule has 1 aromatic rings. The van der Waals surface area contributed by atoms with Crippen LogP contribution in [0.5, 0.6) is 6.01 Å². The van der Waals surface area contributed by atoms with Crippen LogP contribution in [0.2, 0.25) is 0 Å². The van der Waals surface area contributed by atoms with Gasteiger partial charge < -0.3 is 15.4 Å². The summed E-state index contributed by atoms with van der Waals surface area (Å²) in [5.41, 5.74) is 0. The number of anilines is 2. The Balaban J connectivity index is 2.69. The highest BCUT2D eigenvalue weighted by Gasteiger charge is 2.09. The SMILES string of the molecule is CCCCC(C)Nc1nc(NC)nc(OCCC)n1. The number of ether oxygens (including phenoxy) is 1. The Kier molecular flexibility index (Phi) is 6.92. The standard InChI is InChI=1S/C13H25N5O/c1-5-7-8-10(3)15-12-16-11(14-4)17-13(18-12)19-9-6-2/h10H,5-9H2,1-4H3,(H2,14,15,16,17,18). The number of unbranched alkanes of at least 4 members (excludes halogenated alkanes) is 1. The molecule has 0 fully saturated rings. The Hall–Kier alpha value is -1.59. The Morgan fingerprint density at radius 1 is 1.11 bits per heavy atom. The van der Waals surface area contributed by atoms with E-state index >= 15 is 0 Å². The van der Waals surface area contributed by atoms with Gasteiger partial charge >= 0.3 is 6.01 Å². The van der Waals surface area contributed by atoms with Crippen LogP contribution in [0.1, 0.15) is 46.5 Å². The molecule has 0 bridgehead atoms. The van der Waals surface area contributed by atoms with E-state index in [9.17, 15) is 0 Å². The molecule has 1 unspecified atom stereocenters. The van der Waals surface area contributed by atoms with Gasteiger partial charge in [-0.2, -0.15) is 15.0 Å². The number of rotatable bonds is 9. The van der Waals surface area contributed by atoms with Crippen LogP contribution in [0, 0.1) is 0 Å². The molecule has 2 N–H and O–H groups in total. The lowest BCUT2D eigenvalue weighted by molar-refractivity contribution is 0.292. The molecule has 0 aliphatic carbocycles. The highest BCUT2D eigenvalue weighted by Crippen LogP contribution is 2.13. The van der Waals surface area contributed by atoms with Gasteiger partial charge in [-0.3, -0.25) is 0 Å². The minimum atomic E-state index is 0.339. The molecule has 0 radical (unpaired) electrons. The number of aromatic nitrogens is 3. The third-order valence-electron chi connectivity index (χ3n) is 2.64. The summed E-state index contributed by atoms with van der Waals surface area (Å²) < 4.78 is 5.46. The third kappa shape index (κ3) is 5.72. The van der Waals surface area contributed by atoms with Gasteiger partial charge in [-0.25, -0.2) is 0 Å². The highest BCUT2D eigenvalue weighted by molar-refractivity contribution is 5.35. The molecular weight excluding hydrogens is 242 g/mol. The van der Waals surface area contributed by atoms with E-state index in [0.717, 1.165) is 12.8 Å². The van der Waals surface area contributed by atoms with Crippen molar-refractivity contribution in [1.82, 2.24) is 15.0 Å². The lowest BCUT2D eigenvalue weighted by atomic mass is 10.1. The van der Waals surface area contributed by atoms with Crippen molar-refractivity contribution in [3.8, 4) is 6.01 Å². The molecule has 108 valence electrons. The molecule has 0 saturated carbocycles. The number of hydrogen-bond donors (Lipinski definition) is 2. The predicted octanol–water partition coefficient (Wildman–Crippen LogP) is 2.69. The molecule has 0 amide bonds. The minimum Gasteiger partial charge on any atom is -0.463 e. The van der Waals surface area contributed by atoms with Gasteiger partial charge in [-0.15, -0.1) is 0 Å². The van der Waals surface area contributed by atoms with Crippen molar-refractivity contribution in [3.63, 3.8) is 0 Å². The van der Waals surface area contributed by atoms with Crippen LogP contribution in [0.15, 0.2) is 0 Å². The molecule has 1 atom stereocenters. The van der Waals surface area contributed by atoms with Gasteiger partial charge in [-0.1, -0.05) is 26.7 Å². The first kappa shape index (κ1) is 15.5. The van der Waals surface area contributed by atoms with Gasteiger partial charge in [0.1, 0.15) is 0 Å². The Morgan fingerprint density at radius 3 is 2.47 bits per heavy atom. The van der Waals surface area contributed by atoms with Crippen molar-refractivity contribution < 1.29 is 4.74 Å². The van der Waals surface area contributed by atoms with Crippen LogP contribution in [0.4, 0.5) is 11.9 Å². The van der Waals surface area contributed by atoms with E-state index in [0.29, 0.717) is 30.6 Å². The Morgan fingerprint density at radius 2 is 1.84 bits per heavy atom. The molecule has 0 aliphatic heterocycles. The van der Waals surface area contributed by atoms with Crippen LogP contribution in [0.25, 0.3) is 0 Å². The Labute approximate surface area is 115 Å². The monoisotopic (exact) mass is 267 g/mol. The molecule has 1 heterocycles. The van der Waals surface area contributed by atoms with Gasteiger partial charge in [0.15, 0.2) is 0 Å². The van der Waals surface area contributed by atoms with Crippen LogP contribution >= 0.6 is 0 Å². The van der Waals surface area contributed by atoms with Crippen molar-refractivity contribution in [1.29, 1.82) is 0 Å². The number of nitrogens with zero attached hydrogens (tertiary/aromatic N) is 3. The van der Waals surface area contributed by atoms with Crippen LogP contribution in [-0.2, 0) is 0 Å². The predicted molar refractivity (Wildman–Crippen MR) is 77.8 cm³/mol. The number of nitrogens with one attached hydrogen (secondary N) is 2. The zero-order chi connectivity index (χ0) is 14.1. The summed E-state index contributed by atoms with van der Waals surface area (Å²) in [5.74, 6) is 1.08. The smallest absolute Gasteiger partial charge is 0.323 e. The van der Waals surface area contributed by atoms with Crippen molar-refractivity contribution in [3.05, 3.63) is 0 Å².